The first-order valence-corrected chi connectivity index (χ1v) is 5.63. The number of benzene rings is 1. The molecule has 88 valence electrons. The highest BCUT2D eigenvalue weighted by Crippen LogP contribution is 2.41. The second kappa shape index (κ2) is 3.98. The molecule has 1 heterocycles. The van der Waals surface area contributed by atoms with Gasteiger partial charge in [-0.25, -0.2) is 0 Å². The van der Waals surface area contributed by atoms with Gasteiger partial charge in [-0.1, -0.05) is 0 Å². The average molecular weight is 221 g/mol. The summed E-state index contributed by atoms with van der Waals surface area (Å²) in [5.74, 6) is 2.15. The maximum Gasteiger partial charge on any atom is 0.123 e. The number of fused-ring (bicyclic) bond motifs is 1. The molecule has 1 unspecified atom stereocenters. The fourth-order valence-electron chi connectivity index (χ4n) is 2.32. The molecular weight excluding hydrogens is 202 g/mol. The van der Waals surface area contributed by atoms with Crippen LogP contribution in [0.2, 0.25) is 0 Å². The Balaban J connectivity index is 2.42. The minimum atomic E-state index is -0.133. The van der Waals surface area contributed by atoms with Crippen molar-refractivity contribution in [3.63, 3.8) is 0 Å². The lowest BCUT2D eigenvalue weighted by atomic mass is 9.84. The van der Waals surface area contributed by atoms with E-state index >= 15 is 0 Å². The molecule has 0 aliphatic carbocycles. The summed E-state index contributed by atoms with van der Waals surface area (Å²) >= 11 is 0. The maximum absolute atomic E-state index is 5.94. The molecule has 1 aromatic rings. The number of hydrogen-bond acceptors (Lipinski definition) is 3. The molecule has 3 nitrogen and oxygen atoms in total. The largest absolute Gasteiger partial charge is 0.497 e. The minimum Gasteiger partial charge on any atom is -0.497 e. The van der Waals surface area contributed by atoms with Crippen molar-refractivity contribution < 1.29 is 9.47 Å². The highest BCUT2D eigenvalue weighted by molar-refractivity contribution is 5.44. The average Bonchev–Trinajstić information content (AvgIpc) is 2.26. The van der Waals surface area contributed by atoms with Crippen LogP contribution in [-0.4, -0.2) is 19.3 Å². The smallest absolute Gasteiger partial charge is 0.123 e. The molecule has 1 aliphatic heterocycles. The molecule has 0 saturated heterocycles. The van der Waals surface area contributed by atoms with Crippen LogP contribution in [0.4, 0.5) is 0 Å². The zero-order valence-corrected chi connectivity index (χ0v) is 10.1. The molecule has 0 amide bonds. The summed E-state index contributed by atoms with van der Waals surface area (Å²) in [6.45, 7) is 4.85. The molecule has 2 N–H and O–H groups in total. The highest BCUT2D eigenvalue weighted by Gasteiger charge is 2.33. The van der Waals surface area contributed by atoms with Gasteiger partial charge in [0.15, 0.2) is 0 Å². The number of methoxy groups -OCH3 is 1. The molecular formula is C13H19NO2. The van der Waals surface area contributed by atoms with Crippen LogP contribution in [0.3, 0.4) is 0 Å². The van der Waals surface area contributed by atoms with Gasteiger partial charge in [-0.05, 0) is 45.0 Å². The molecule has 0 radical (unpaired) electrons. The fourth-order valence-corrected chi connectivity index (χ4v) is 2.32. The quantitative estimate of drug-likeness (QED) is 0.833. The summed E-state index contributed by atoms with van der Waals surface area (Å²) in [5, 5.41) is 0. The van der Waals surface area contributed by atoms with Crippen LogP contribution in [0, 0.1) is 0 Å². The van der Waals surface area contributed by atoms with Crippen molar-refractivity contribution in [2.75, 3.05) is 13.7 Å². The van der Waals surface area contributed by atoms with Gasteiger partial charge in [0.05, 0.1) is 7.11 Å². The number of hydrogen-bond donors (Lipinski definition) is 1. The predicted octanol–water partition coefficient (Wildman–Crippen LogP) is 2.30. The van der Waals surface area contributed by atoms with Crippen molar-refractivity contribution in [1.82, 2.24) is 0 Å². The third-order valence-electron chi connectivity index (χ3n) is 3.07. The first-order valence-electron chi connectivity index (χ1n) is 5.63. The second-order valence-electron chi connectivity index (χ2n) is 4.90. The first kappa shape index (κ1) is 11.3. The third-order valence-corrected chi connectivity index (χ3v) is 3.07. The van der Waals surface area contributed by atoms with Crippen molar-refractivity contribution >= 4 is 0 Å². The van der Waals surface area contributed by atoms with Crippen molar-refractivity contribution in [1.29, 1.82) is 0 Å². The lowest BCUT2D eigenvalue weighted by Gasteiger charge is -2.37. The number of nitrogens with two attached hydrogens (primary N) is 1. The van der Waals surface area contributed by atoms with E-state index in [0.29, 0.717) is 12.5 Å². The van der Waals surface area contributed by atoms with Crippen LogP contribution < -0.4 is 15.2 Å². The van der Waals surface area contributed by atoms with Crippen molar-refractivity contribution in [2.24, 2.45) is 5.73 Å². The van der Waals surface area contributed by atoms with Crippen LogP contribution >= 0.6 is 0 Å². The lowest BCUT2D eigenvalue weighted by Crippen LogP contribution is -2.36. The Morgan fingerprint density at radius 3 is 2.88 bits per heavy atom. The summed E-state index contributed by atoms with van der Waals surface area (Å²) in [6.07, 6.45) is 0.948. The van der Waals surface area contributed by atoms with Crippen LogP contribution in [0.25, 0.3) is 0 Å². The molecule has 0 bridgehead atoms. The lowest BCUT2D eigenvalue weighted by molar-refractivity contribution is 0.0729. The van der Waals surface area contributed by atoms with Gasteiger partial charge in [0, 0.05) is 11.5 Å². The van der Waals surface area contributed by atoms with E-state index < -0.39 is 0 Å². The van der Waals surface area contributed by atoms with Gasteiger partial charge < -0.3 is 15.2 Å². The van der Waals surface area contributed by atoms with Gasteiger partial charge in [0.1, 0.15) is 17.1 Å². The van der Waals surface area contributed by atoms with Crippen LogP contribution in [0.5, 0.6) is 11.5 Å². The Hall–Kier alpha value is -1.22. The Labute approximate surface area is 96.5 Å². The molecule has 0 aromatic heterocycles. The van der Waals surface area contributed by atoms with E-state index in [1.807, 2.05) is 18.2 Å². The molecule has 3 heteroatoms. The Morgan fingerprint density at radius 1 is 1.50 bits per heavy atom. The van der Waals surface area contributed by atoms with E-state index in [0.717, 1.165) is 17.9 Å². The van der Waals surface area contributed by atoms with E-state index in [1.54, 1.807) is 7.11 Å². The van der Waals surface area contributed by atoms with Crippen LogP contribution in [0.15, 0.2) is 18.2 Å². The second-order valence-corrected chi connectivity index (χ2v) is 4.90. The summed E-state index contributed by atoms with van der Waals surface area (Å²) in [4.78, 5) is 0. The van der Waals surface area contributed by atoms with Gasteiger partial charge in [-0.15, -0.1) is 0 Å². The normalized spacial score (nSPS) is 22.1. The third kappa shape index (κ3) is 2.00. The van der Waals surface area contributed by atoms with Gasteiger partial charge in [0.2, 0.25) is 0 Å². The van der Waals surface area contributed by atoms with Gasteiger partial charge in [-0.2, -0.15) is 0 Å². The molecule has 16 heavy (non-hydrogen) atoms. The Bertz CT molecular complexity index is 388. The highest BCUT2D eigenvalue weighted by atomic mass is 16.5. The van der Waals surface area contributed by atoms with E-state index in [4.69, 9.17) is 15.2 Å². The zero-order valence-electron chi connectivity index (χ0n) is 10.1. The monoisotopic (exact) mass is 221 g/mol. The van der Waals surface area contributed by atoms with Gasteiger partial charge in [-0.3, -0.25) is 0 Å². The molecule has 0 saturated carbocycles. The van der Waals surface area contributed by atoms with E-state index in [9.17, 15) is 0 Å². The first-order chi connectivity index (χ1) is 7.55. The Kier molecular flexibility index (Phi) is 2.80. The van der Waals surface area contributed by atoms with E-state index in [-0.39, 0.29) is 5.60 Å². The summed E-state index contributed by atoms with van der Waals surface area (Å²) in [6, 6.07) is 5.92. The summed E-state index contributed by atoms with van der Waals surface area (Å²) < 4.78 is 11.2. The fraction of sp³-hybridized carbons (Fsp3) is 0.538. The number of rotatable bonds is 2. The van der Waals surface area contributed by atoms with Crippen molar-refractivity contribution in [2.45, 2.75) is 31.8 Å². The topological polar surface area (TPSA) is 44.5 Å². The molecule has 2 rings (SSSR count). The summed E-state index contributed by atoms with van der Waals surface area (Å²) in [5.41, 5.74) is 6.87. The van der Waals surface area contributed by atoms with Gasteiger partial charge >= 0.3 is 0 Å². The Morgan fingerprint density at radius 2 is 2.25 bits per heavy atom. The van der Waals surface area contributed by atoms with Crippen molar-refractivity contribution in [3.8, 4) is 11.5 Å². The molecule has 0 spiro atoms. The standard InChI is InChI=1S/C13H19NO2/c1-13(2)7-9(8-14)11-6-10(15-3)4-5-12(11)16-13/h4-6,9H,7-8,14H2,1-3H3. The minimum absolute atomic E-state index is 0.133. The maximum atomic E-state index is 5.94. The summed E-state index contributed by atoms with van der Waals surface area (Å²) in [7, 11) is 1.67. The molecule has 1 aromatic carbocycles. The van der Waals surface area contributed by atoms with Crippen LogP contribution in [-0.2, 0) is 0 Å². The SMILES string of the molecule is COc1ccc2c(c1)C(CN)CC(C)(C)O2. The molecule has 0 fully saturated rings. The number of ether oxygens (including phenoxy) is 2. The van der Waals surface area contributed by atoms with Gasteiger partial charge in [0.25, 0.3) is 0 Å². The van der Waals surface area contributed by atoms with E-state index in [1.165, 1.54) is 5.56 Å². The van der Waals surface area contributed by atoms with Crippen LogP contribution in [0.1, 0.15) is 31.7 Å². The molecule has 1 atom stereocenters. The van der Waals surface area contributed by atoms with Crippen molar-refractivity contribution in [3.05, 3.63) is 23.8 Å². The predicted molar refractivity (Wildman–Crippen MR) is 64.1 cm³/mol. The molecule has 1 aliphatic rings. The van der Waals surface area contributed by atoms with E-state index in [2.05, 4.69) is 13.8 Å². The zero-order chi connectivity index (χ0) is 11.8.